The number of carbonyl (C=O) groups excluding carboxylic acids is 2. The summed E-state index contributed by atoms with van der Waals surface area (Å²) in [4.78, 5) is 31.2. The van der Waals surface area contributed by atoms with Crippen molar-refractivity contribution in [3.63, 3.8) is 0 Å². The lowest BCUT2D eigenvalue weighted by Gasteiger charge is -2.26. The van der Waals surface area contributed by atoms with E-state index in [0.717, 1.165) is 55.6 Å². The summed E-state index contributed by atoms with van der Waals surface area (Å²) >= 11 is 1.45. The fourth-order valence-electron chi connectivity index (χ4n) is 4.28. The second-order valence-electron chi connectivity index (χ2n) is 7.74. The Morgan fingerprint density at radius 1 is 1.34 bits per heavy atom. The van der Waals surface area contributed by atoms with Crippen molar-refractivity contribution in [2.24, 2.45) is 5.92 Å². The summed E-state index contributed by atoms with van der Waals surface area (Å²) in [5.74, 6) is 0.187. The Morgan fingerprint density at radius 2 is 2.21 bits per heavy atom. The van der Waals surface area contributed by atoms with Crippen molar-refractivity contribution in [1.82, 2.24) is 4.98 Å². The van der Waals surface area contributed by atoms with Crippen LogP contribution in [0.5, 0.6) is 0 Å². The van der Waals surface area contributed by atoms with Crippen LogP contribution in [0.2, 0.25) is 0 Å². The minimum absolute atomic E-state index is 0.0110. The highest BCUT2D eigenvalue weighted by atomic mass is 32.1. The Morgan fingerprint density at radius 3 is 3.00 bits per heavy atom. The molecule has 7 heteroatoms. The number of carbonyl (C=O) groups is 2. The van der Waals surface area contributed by atoms with Gasteiger partial charge in [-0.2, -0.15) is 0 Å². The fraction of sp³-hybridized carbons (Fsp3) is 0.500. The lowest BCUT2D eigenvalue weighted by atomic mass is 9.86. The zero-order valence-electron chi connectivity index (χ0n) is 16.9. The van der Waals surface area contributed by atoms with Crippen molar-refractivity contribution in [2.45, 2.75) is 51.6 Å². The molecule has 1 aliphatic heterocycles. The van der Waals surface area contributed by atoms with Crippen molar-refractivity contribution >= 4 is 34.0 Å². The summed E-state index contributed by atoms with van der Waals surface area (Å²) in [5.41, 5.74) is 4.06. The maximum Gasteiger partial charge on any atom is 0.229 e. The summed E-state index contributed by atoms with van der Waals surface area (Å²) in [6.45, 7) is 2.64. The average Bonchev–Trinajstić information content (AvgIpc) is 3.39. The number of ether oxygens (including phenoxy) is 1. The molecule has 1 N–H and O–H groups in total. The van der Waals surface area contributed by atoms with Crippen LogP contribution >= 0.6 is 11.3 Å². The number of nitrogens with one attached hydrogen (secondary N) is 1. The second-order valence-corrected chi connectivity index (χ2v) is 8.60. The SMILES string of the molecule is CCC(=O)N1CCc2cc(-c3csc(NC(=O)C4CCCC(OC)C4)n3)ccc21. The van der Waals surface area contributed by atoms with Crippen LogP contribution < -0.4 is 10.2 Å². The highest BCUT2D eigenvalue weighted by molar-refractivity contribution is 7.14. The van der Waals surface area contributed by atoms with Crippen molar-refractivity contribution in [3.8, 4) is 11.3 Å². The van der Waals surface area contributed by atoms with Gasteiger partial charge in [0.25, 0.3) is 0 Å². The lowest BCUT2D eigenvalue weighted by Crippen LogP contribution is -2.30. The number of methoxy groups -OCH3 is 1. The first-order chi connectivity index (χ1) is 14.1. The van der Waals surface area contributed by atoms with Gasteiger partial charge in [-0.3, -0.25) is 9.59 Å². The van der Waals surface area contributed by atoms with Gasteiger partial charge >= 0.3 is 0 Å². The van der Waals surface area contributed by atoms with Gasteiger partial charge in [-0.1, -0.05) is 19.4 Å². The van der Waals surface area contributed by atoms with Crippen molar-refractivity contribution in [3.05, 3.63) is 29.1 Å². The third kappa shape index (κ3) is 4.21. The number of thiazole rings is 1. The molecule has 2 atom stereocenters. The molecule has 2 amide bonds. The van der Waals surface area contributed by atoms with Gasteiger partial charge < -0.3 is 15.0 Å². The van der Waals surface area contributed by atoms with Gasteiger partial charge in [0.2, 0.25) is 11.8 Å². The van der Waals surface area contributed by atoms with Crippen molar-refractivity contribution in [1.29, 1.82) is 0 Å². The molecule has 2 aromatic rings. The molecule has 6 nitrogen and oxygen atoms in total. The fourth-order valence-corrected chi connectivity index (χ4v) is 5.00. The van der Waals surface area contributed by atoms with E-state index in [1.165, 1.54) is 16.9 Å². The molecule has 0 bridgehead atoms. The quantitative estimate of drug-likeness (QED) is 0.795. The molecule has 1 aromatic heterocycles. The summed E-state index contributed by atoms with van der Waals surface area (Å²) in [7, 11) is 1.71. The van der Waals surface area contributed by atoms with Crippen LogP contribution in [0.25, 0.3) is 11.3 Å². The largest absolute Gasteiger partial charge is 0.381 e. The van der Waals surface area contributed by atoms with Gasteiger partial charge in [-0.25, -0.2) is 4.98 Å². The summed E-state index contributed by atoms with van der Waals surface area (Å²) < 4.78 is 5.43. The molecular weight excluding hydrogens is 386 g/mol. The maximum atomic E-state index is 12.6. The molecule has 1 aliphatic carbocycles. The first kappa shape index (κ1) is 20.0. The van der Waals surface area contributed by atoms with Gasteiger partial charge in [-0.05, 0) is 43.4 Å². The van der Waals surface area contributed by atoms with Gasteiger partial charge in [0, 0.05) is 42.6 Å². The topological polar surface area (TPSA) is 71.5 Å². The molecule has 0 saturated heterocycles. The number of benzene rings is 1. The summed E-state index contributed by atoms with van der Waals surface area (Å²) in [6, 6.07) is 6.13. The molecule has 154 valence electrons. The number of hydrogen-bond acceptors (Lipinski definition) is 5. The number of rotatable bonds is 5. The standard InChI is InChI=1S/C22H27N3O3S/c1-3-20(26)25-10-9-15-11-14(7-8-19(15)25)18-13-29-22(23-18)24-21(27)16-5-4-6-17(12-16)28-2/h7-8,11,13,16-17H,3-6,9-10,12H2,1-2H3,(H,23,24,27). The van der Waals surface area contributed by atoms with Gasteiger partial charge in [0.05, 0.1) is 11.8 Å². The van der Waals surface area contributed by atoms with Crippen LogP contribution in [-0.2, 0) is 20.7 Å². The Balaban J connectivity index is 1.44. The highest BCUT2D eigenvalue weighted by Gasteiger charge is 2.28. The van der Waals surface area contributed by atoms with Crippen LogP contribution in [0, 0.1) is 5.92 Å². The molecule has 4 rings (SSSR count). The normalized spacial score (nSPS) is 21.1. The highest BCUT2D eigenvalue weighted by Crippen LogP contribution is 2.34. The van der Waals surface area contributed by atoms with Crippen LogP contribution in [0.4, 0.5) is 10.8 Å². The monoisotopic (exact) mass is 413 g/mol. The molecule has 0 radical (unpaired) electrons. The lowest BCUT2D eigenvalue weighted by molar-refractivity contribution is -0.122. The second kappa shape index (κ2) is 8.63. The third-order valence-corrected chi connectivity index (χ3v) is 6.70. The van der Waals surface area contributed by atoms with Gasteiger partial charge in [0.1, 0.15) is 0 Å². The van der Waals surface area contributed by atoms with Crippen molar-refractivity contribution in [2.75, 3.05) is 23.9 Å². The Bertz CT molecular complexity index is 910. The molecule has 2 unspecified atom stereocenters. The van der Waals surface area contributed by atoms with E-state index in [2.05, 4.69) is 16.4 Å². The first-order valence-electron chi connectivity index (χ1n) is 10.3. The van der Waals surface area contributed by atoms with E-state index in [1.807, 2.05) is 29.3 Å². The Hall–Kier alpha value is -2.25. The van der Waals surface area contributed by atoms with E-state index in [-0.39, 0.29) is 23.8 Å². The van der Waals surface area contributed by atoms with Crippen LogP contribution in [0.15, 0.2) is 23.6 Å². The molecule has 0 spiro atoms. The molecule has 1 saturated carbocycles. The van der Waals surface area contributed by atoms with Crippen LogP contribution in [0.1, 0.15) is 44.6 Å². The van der Waals surface area contributed by atoms with E-state index < -0.39 is 0 Å². The molecule has 1 fully saturated rings. The molecule has 29 heavy (non-hydrogen) atoms. The zero-order valence-corrected chi connectivity index (χ0v) is 17.8. The first-order valence-corrected chi connectivity index (χ1v) is 11.2. The minimum atomic E-state index is -0.0110. The van der Waals surface area contributed by atoms with Crippen molar-refractivity contribution < 1.29 is 14.3 Å². The number of fused-ring (bicyclic) bond motifs is 1. The Labute approximate surface area is 175 Å². The molecule has 2 aliphatic rings. The summed E-state index contributed by atoms with van der Waals surface area (Å²) in [5, 5.41) is 5.59. The average molecular weight is 414 g/mol. The third-order valence-electron chi connectivity index (χ3n) is 5.94. The predicted molar refractivity (Wildman–Crippen MR) is 115 cm³/mol. The molecule has 2 heterocycles. The van der Waals surface area contributed by atoms with Gasteiger partial charge in [0.15, 0.2) is 5.13 Å². The maximum absolute atomic E-state index is 12.6. The van der Waals surface area contributed by atoms with Crippen LogP contribution in [-0.4, -0.2) is 36.6 Å². The zero-order chi connectivity index (χ0) is 20.4. The smallest absolute Gasteiger partial charge is 0.229 e. The predicted octanol–water partition coefficient (Wildman–Crippen LogP) is 4.25. The van der Waals surface area contributed by atoms with E-state index >= 15 is 0 Å². The summed E-state index contributed by atoms with van der Waals surface area (Å²) in [6.07, 6.45) is 5.29. The van der Waals surface area contributed by atoms with E-state index in [9.17, 15) is 9.59 Å². The van der Waals surface area contributed by atoms with E-state index in [0.29, 0.717) is 11.6 Å². The van der Waals surface area contributed by atoms with Gasteiger partial charge in [-0.15, -0.1) is 11.3 Å². The number of nitrogens with zero attached hydrogens (tertiary/aromatic N) is 2. The number of aromatic nitrogens is 1. The Kier molecular flexibility index (Phi) is 5.96. The molecular formula is C22H27N3O3S. The van der Waals surface area contributed by atoms with Crippen LogP contribution in [0.3, 0.4) is 0 Å². The number of amides is 2. The van der Waals surface area contributed by atoms with E-state index in [1.54, 1.807) is 7.11 Å². The number of anilines is 2. The number of hydrogen-bond donors (Lipinski definition) is 1. The molecule has 1 aromatic carbocycles. The minimum Gasteiger partial charge on any atom is -0.381 e. The van der Waals surface area contributed by atoms with E-state index in [4.69, 9.17) is 4.74 Å².